The van der Waals surface area contributed by atoms with Crippen LogP contribution in [0.15, 0.2) is 97.1 Å². The monoisotopic (exact) mass is 842 g/mol. The van der Waals surface area contributed by atoms with Crippen LogP contribution < -0.4 is 0 Å². The van der Waals surface area contributed by atoms with Crippen molar-refractivity contribution in [1.29, 1.82) is 0 Å². The van der Waals surface area contributed by atoms with Crippen molar-refractivity contribution in [3.8, 4) is 46.0 Å². The van der Waals surface area contributed by atoms with Crippen LogP contribution in [-0.4, -0.2) is 109 Å². The van der Waals surface area contributed by atoms with Gasteiger partial charge in [0.25, 0.3) is 0 Å². The van der Waals surface area contributed by atoms with Gasteiger partial charge in [-0.05, 0) is 95.1 Å². The Morgan fingerprint density at radius 3 is 1.15 bits per heavy atom. The normalized spacial score (nSPS) is 19.0. The van der Waals surface area contributed by atoms with Gasteiger partial charge < -0.3 is 69.3 Å². The molecule has 0 saturated carbocycles. The number of phenolic OH excluding ortho intramolecular Hbond substituents is 8. The Morgan fingerprint density at radius 1 is 0.475 bits per heavy atom. The topological polar surface area (TPSA) is 285 Å². The highest BCUT2D eigenvalue weighted by Crippen LogP contribution is 2.32. The van der Waals surface area contributed by atoms with Gasteiger partial charge >= 0.3 is 23.9 Å². The molecule has 0 radical (unpaired) electrons. The predicted molar refractivity (Wildman–Crippen MR) is 211 cm³/mol. The summed E-state index contributed by atoms with van der Waals surface area (Å²) in [6, 6.07) is 14.9. The first-order chi connectivity index (χ1) is 29.1. The van der Waals surface area contributed by atoms with Crippen molar-refractivity contribution < 1.29 is 88.5 Å². The van der Waals surface area contributed by atoms with Gasteiger partial charge in [0.2, 0.25) is 0 Å². The van der Waals surface area contributed by atoms with Crippen LogP contribution in [0.3, 0.4) is 0 Å². The van der Waals surface area contributed by atoms with E-state index in [2.05, 4.69) is 0 Å². The molecule has 1 aliphatic heterocycles. The number of rotatable bonds is 14. The third kappa shape index (κ3) is 12.3. The number of carbonyl (C=O) groups excluding carboxylic acids is 4. The van der Waals surface area contributed by atoms with E-state index in [1.54, 1.807) is 0 Å². The fraction of sp³-hybridized carbons (Fsp3) is 0.163. The second-order valence-corrected chi connectivity index (χ2v) is 12.9. The maximum absolute atomic E-state index is 13.4. The van der Waals surface area contributed by atoms with Crippen molar-refractivity contribution in [1.82, 2.24) is 0 Å². The molecule has 1 saturated heterocycles. The fourth-order valence-corrected chi connectivity index (χ4v) is 5.57. The smallest absolute Gasteiger partial charge is 0.331 e. The van der Waals surface area contributed by atoms with E-state index in [4.69, 9.17) is 28.4 Å². The number of aromatic hydroxyl groups is 8. The summed E-state index contributed by atoms with van der Waals surface area (Å²) in [6.45, 7) is -0.695. The molecule has 18 heteroatoms. The molecule has 1 fully saturated rings. The highest BCUT2D eigenvalue weighted by atomic mass is 16.7. The van der Waals surface area contributed by atoms with Gasteiger partial charge in [-0.3, -0.25) is 0 Å². The molecule has 1 aliphatic rings. The average molecular weight is 843 g/mol. The predicted octanol–water partition coefficient (Wildman–Crippen LogP) is 4.13. The molecule has 0 aliphatic carbocycles. The van der Waals surface area contributed by atoms with Gasteiger partial charge in [-0.15, -0.1) is 0 Å². The first-order valence-corrected chi connectivity index (χ1v) is 17.9. The lowest BCUT2D eigenvalue weighted by molar-refractivity contribution is -0.301. The molecule has 0 aromatic heterocycles. The number of methoxy groups -OCH3 is 1. The van der Waals surface area contributed by atoms with Crippen LogP contribution in [0.4, 0.5) is 0 Å². The molecule has 61 heavy (non-hydrogen) atoms. The van der Waals surface area contributed by atoms with Gasteiger partial charge in [-0.25, -0.2) is 19.2 Å². The van der Waals surface area contributed by atoms with Crippen molar-refractivity contribution in [3.05, 3.63) is 119 Å². The number of ether oxygens (including phenoxy) is 6. The van der Waals surface area contributed by atoms with E-state index < -0.39 is 101 Å². The minimum atomic E-state index is -1.78. The number of hydrogen-bond donors (Lipinski definition) is 8. The summed E-state index contributed by atoms with van der Waals surface area (Å²) in [7, 11) is 1.15. The minimum Gasteiger partial charge on any atom is -0.504 e. The second-order valence-electron chi connectivity index (χ2n) is 12.9. The quantitative estimate of drug-likeness (QED) is 0.0383. The van der Waals surface area contributed by atoms with Crippen LogP contribution in [0.5, 0.6) is 46.0 Å². The molecule has 0 unspecified atom stereocenters. The van der Waals surface area contributed by atoms with E-state index in [0.717, 1.165) is 49.6 Å². The standard InChI is InChI=1S/C43H38O18/c1-56-43-42(61-39(55)17-9-26-5-13-30(47)34(51)21-26)41(60-38(54)16-8-25-4-12-29(46)33(50)20-25)40(59-37(53)15-7-24-3-11-28(45)32(49)19-24)35(58-43)22-57-36(52)14-6-23-2-10-27(44)31(48)18-23/h2-21,35,40-51H,22H2,1H3/b14-6+,15-7+,16-8+,17-9+/t35-,40-,41+,42-,43-/m1/s1. The molecule has 18 nitrogen and oxygen atoms in total. The van der Waals surface area contributed by atoms with Crippen molar-refractivity contribution in [2.75, 3.05) is 13.7 Å². The zero-order valence-electron chi connectivity index (χ0n) is 31.8. The molecule has 0 bridgehead atoms. The number of benzene rings is 4. The Kier molecular flexibility index (Phi) is 14.6. The molecule has 4 aromatic carbocycles. The minimum absolute atomic E-state index is 0.246. The van der Waals surface area contributed by atoms with E-state index in [0.29, 0.717) is 5.56 Å². The maximum atomic E-state index is 13.4. The van der Waals surface area contributed by atoms with Gasteiger partial charge in [0, 0.05) is 31.4 Å². The summed E-state index contributed by atoms with van der Waals surface area (Å²) in [5.41, 5.74) is 1.07. The zero-order chi connectivity index (χ0) is 44.2. The van der Waals surface area contributed by atoms with Gasteiger partial charge in [-0.1, -0.05) is 24.3 Å². The zero-order valence-corrected chi connectivity index (χ0v) is 31.8. The molecular formula is C43H38O18. The molecule has 4 aromatic rings. The van der Waals surface area contributed by atoms with Crippen LogP contribution in [0.25, 0.3) is 24.3 Å². The lowest BCUT2D eigenvalue weighted by Gasteiger charge is -2.43. The first kappa shape index (κ1) is 44.1. The molecule has 5 rings (SSSR count). The highest BCUT2D eigenvalue weighted by molar-refractivity contribution is 5.90. The van der Waals surface area contributed by atoms with Crippen molar-refractivity contribution in [3.63, 3.8) is 0 Å². The Balaban J connectivity index is 1.47. The lowest BCUT2D eigenvalue weighted by atomic mass is 9.98. The molecule has 1 heterocycles. The highest BCUT2D eigenvalue weighted by Gasteiger charge is 2.53. The van der Waals surface area contributed by atoms with E-state index in [9.17, 15) is 60.0 Å². The number of esters is 4. The summed E-state index contributed by atoms with van der Waals surface area (Å²) in [5.74, 6) is -7.78. The molecular weight excluding hydrogens is 804 g/mol. The summed E-state index contributed by atoms with van der Waals surface area (Å²) >= 11 is 0. The van der Waals surface area contributed by atoms with Crippen LogP contribution in [0, 0.1) is 0 Å². The van der Waals surface area contributed by atoms with Gasteiger partial charge in [0.1, 0.15) is 12.7 Å². The van der Waals surface area contributed by atoms with Crippen LogP contribution in [0.1, 0.15) is 22.3 Å². The van der Waals surface area contributed by atoms with E-state index in [1.165, 1.54) is 78.9 Å². The van der Waals surface area contributed by atoms with Crippen LogP contribution in [0.2, 0.25) is 0 Å². The molecule has 5 atom stereocenters. The Bertz CT molecular complexity index is 2380. The van der Waals surface area contributed by atoms with E-state index in [-0.39, 0.29) is 22.4 Å². The third-order valence-corrected chi connectivity index (χ3v) is 8.62. The van der Waals surface area contributed by atoms with Crippen molar-refractivity contribution >= 4 is 48.2 Å². The Labute approximate surface area is 345 Å². The van der Waals surface area contributed by atoms with Gasteiger partial charge in [0.15, 0.2) is 70.6 Å². The summed E-state index contributed by atoms with van der Waals surface area (Å²) in [5, 5.41) is 78.0. The second kappa shape index (κ2) is 20.1. The van der Waals surface area contributed by atoms with Gasteiger partial charge in [-0.2, -0.15) is 0 Å². The SMILES string of the molecule is CO[C@@H]1O[C@H](COC(=O)/C=C/c2ccc(O)c(O)c2)[C@@H](OC(=O)/C=C/c2ccc(O)c(O)c2)[C@H](OC(=O)/C=C/c2ccc(O)c(O)c2)[C@H]1OC(=O)/C=C/c1ccc(O)c(O)c1. The average Bonchev–Trinajstić information content (AvgIpc) is 3.23. The van der Waals surface area contributed by atoms with E-state index in [1.807, 2.05) is 0 Å². The number of hydrogen-bond acceptors (Lipinski definition) is 18. The summed E-state index contributed by atoms with van der Waals surface area (Å²) < 4.78 is 34.0. The third-order valence-electron chi connectivity index (χ3n) is 8.62. The molecule has 318 valence electrons. The van der Waals surface area contributed by atoms with Crippen molar-refractivity contribution in [2.45, 2.75) is 30.7 Å². The fourth-order valence-electron chi connectivity index (χ4n) is 5.57. The van der Waals surface area contributed by atoms with Crippen LogP contribution >= 0.6 is 0 Å². The summed E-state index contributed by atoms with van der Waals surface area (Å²) in [4.78, 5) is 53.0. The Hall–Kier alpha value is -7.96. The van der Waals surface area contributed by atoms with Gasteiger partial charge in [0.05, 0.1) is 0 Å². The van der Waals surface area contributed by atoms with E-state index >= 15 is 0 Å². The Morgan fingerprint density at radius 2 is 0.803 bits per heavy atom. The maximum Gasteiger partial charge on any atom is 0.331 e. The number of carbonyl (C=O) groups is 4. The first-order valence-electron chi connectivity index (χ1n) is 17.9. The van der Waals surface area contributed by atoms with Crippen LogP contribution in [-0.2, 0) is 47.6 Å². The van der Waals surface area contributed by atoms with Crippen molar-refractivity contribution in [2.24, 2.45) is 0 Å². The summed E-state index contributed by atoms with van der Waals surface area (Å²) in [6.07, 6.45) is 0.319. The largest absolute Gasteiger partial charge is 0.504 e. The number of phenols is 8. The molecule has 8 N–H and O–H groups in total. The lowest BCUT2D eigenvalue weighted by Crippen LogP contribution is -2.62. The molecule has 0 amide bonds. The molecule has 0 spiro atoms.